The highest BCUT2D eigenvalue weighted by Crippen LogP contribution is 2.26. The van der Waals surface area contributed by atoms with Crippen molar-refractivity contribution in [1.82, 2.24) is 10.2 Å². The Bertz CT molecular complexity index is 777. The Kier molecular flexibility index (Phi) is 4.79. The molecule has 0 radical (unpaired) electrons. The van der Waals surface area contributed by atoms with Crippen molar-refractivity contribution in [2.24, 2.45) is 0 Å². The van der Waals surface area contributed by atoms with Crippen LogP contribution in [-0.4, -0.2) is 40.4 Å². The molecule has 6 heteroatoms. The lowest BCUT2D eigenvalue weighted by Gasteiger charge is -2.25. The molecule has 2 unspecified atom stereocenters. The monoisotopic (exact) mass is 338 g/mol. The SMILES string of the molecule is O=C(NC1CCN(C(C(=O)O)c2ccccc2)C1=O)c1ccccc1. The van der Waals surface area contributed by atoms with Gasteiger partial charge in [0.15, 0.2) is 6.04 Å². The van der Waals surface area contributed by atoms with E-state index in [0.29, 0.717) is 17.5 Å². The fourth-order valence-corrected chi connectivity index (χ4v) is 3.01. The molecule has 2 aromatic rings. The van der Waals surface area contributed by atoms with Crippen molar-refractivity contribution in [3.05, 3.63) is 71.8 Å². The van der Waals surface area contributed by atoms with Gasteiger partial charge >= 0.3 is 5.97 Å². The molecular formula is C19H18N2O4. The number of carbonyl (C=O) groups excluding carboxylic acids is 2. The van der Waals surface area contributed by atoms with E-state index in [4.69, 9.17) is 0 Å². The Morgan fingerprint density at radius 3 is 2.24 bits per heavy atom. The van der Waals surface area contributed by atoms with E-state index in [1.54, 1.807) is 60.7 Å². The Morgan fingerprint density at radius 2 is 1.64 bits per heavy atom. The number of hydrogen-bond donors (Lipinski definition) is 2. The topological polar surface area (TPSA) is 86.7 Å². The highest BCUT2D eigenvalue weighted by molar-refractivity contribution is 5.98. The number of rotatable bonds is 5. The summed E-state index contributed by atoms with van der Waals surface area (Å²) in [6.07, 6.45) is 0.383. The van der Waals surface area contributed by atoms with E-state index in [9.17, 15) is 19.5 Å². The van der Waals surface area contributed by atoms with Gasteiger partial charge in [0.2, 0.25) is 5.91 Å². The van der Waals surface area contributed by atoms with Gasteiger partial charge in [-0.25, -0.2) is 4.79 Å². The summed E-state index contributed by atoms with van der Waals surface area (Å²) in [6, 6.07) is 15.5. The number of amides is 2. The van der Waals surface area contributed by atoms with Gasteiger partial charge in [-0.05, 0) is 24.1 Å². The third-order valence-corrected chi connectivity index (χ3v) is 4.24. The van der Waals surface area contributed by atoms with E-state index in [2.05, 4.69) is 5.32 Å². The van der Waals surface area contributed by atoms with Crippen LogP contribution in [0.4, 0.5) is 0 Å². The van der Waals surface area contributed by atoms with Gasteiger partial charge in [0.05, 0.1) is 0 Å². The second-order valence-corrected chi connectivity index (χ2v) is 5.86. The standard InChI is InChI=1S/C19H18N2O4/c22-17(14-9-5-2-6-10-14)20-15-11-12-21(18(15)23)16(19(24)25)13-7-3-1-4-8-13/h1-10,15-16H,11-12H2,(H,20,22)(H,24,25). The van der Waals surface area contributed by atoms with Crippen LogP contribution in [0.5, 0.6) is 0 Å². The third-order valence-electron chi connectivity index (χ3n) is 4.24. The number of likely N-dealkylation sites (tertiary alicyclic amines) is 1. The molecule has 0 aliphatic carbocycles. The number of hydrogen-bond acceptors (Lipinski definition) is 3. The predicted octanol–water partition coefficient (Wildman–Crippen LogP) is 1.84. The molecule has 2 atom stereocenters. The molecule has 0 saturated carbocycles. The molecule has 0 spiro atoms. The van der Waals surface area contributed by atoms with Crippen molar-refractivity contribution < 1.29 is 19.5 Å². The molecule has 0 bridgehead atoms. The predicted molar refractivity (Wildman–Crippen MR) is 90.8 cm³/mol. The van der Waals surface area contributed by atoms with E-state index >= 15 is 0 Å². The second kappa shape index (κ2) is 7.17. The van der Waals surface area contributed by atoms with Crippen LogP contribution in [0, 0.1) is 0 Å². The lowest BCUT2D eigenvalue weighted by atomic mass is 10.1. The first-order chi connectivity index (χ1) is 12.1. The lowest BCUT2D eigenvalue weighted by molar-refractivity contribution is -0.149. The summed E-state index contributed by atoms with van der Waals surface area (Å²) in [5.41, 5.74) is 1.00. The molecule has 1 fully saturated rings. The van der Waals surface area contributed by atoms with Crippen molar-refractivity contribution in [1.29, 1.82) is 0 Å². The number of nitrogens with zero attached hydrogens (tertiary/aromatic N) is 1. The summed E-state index contributed by atoms with van der Waals surface area (Å²) in [4.78, 5) is 37.9. The first-order valence-electron chi connectivity index (χ1n) is 8.02. The van der Waals surface area contributed by atoms with E-state index in [1.807, 2.05) is 0 Å². The lowest BCUT2D eigenvalue weighted by Crippen LogP contribution is -2.43. The molecule has 0 aromatic heterocycles. The Labute approximate surface area is 145 Å². The fraction of sp³-hybridized carbons (Fsp3) is 0.211. The summed E-state index contributed by atoms with van der Waals surface area (Å²) >= 11 is 0. The molecule has 25 heavy (non-hydrogen) atoms. The highest BCUT2D eigenvalue weighted by atomic mass is 16.4. The summed E-state index contributed by atoms with van der Waals surface area (Å²) in [7, 11) is 0. The molecule has 1 heterocycles. The number of carbonyl (C=O) groups is 3. The summed E-state index contributed by atoms with van der Waals surface area (Å²) in [6.45, 7) is 0.282. The molecule has 2 N–H and O–H groups in total. The fourth-order valence-electron chi connectivity index (χ4n) is 3.01. The van der Waals surface area contributed by atoms with Gasteiger partial charge in [-0.15, -0.1) is 0 Å². The Morgan fingerprint density at radius 1 is 1.04 bits per heavy atom. The molecule has 128 valence electrons. The van der Waals surface area contributed by atoms with Crippen LogP contribution in [-0.2, 0) is 9.59 Å². The normalized spacial score (nSPS) is 18.0. The van der Waals surface area contributed by atoms with Crippen LogP contribution in [0.15, 0.2) is 60.7 Å². The van der Waals surface area contributed by atoms with E-state index in [1.165, 1.54) is 4.90 Å². The number of carboxylic acid groups (broad SMARTS) is 1. The van der Waals surface area contributed by atoms with Crippen molar-refractivity contribution in [2.45, 2.75) is 18.5 Å². The van der Waals surface area contributed by atoms with E-state index < -0.39 is 18.1 Å². The quantitative estimate of drug-likeness (QED) is 0.871. The van der Waals surface area contributed by atoms with Crippen molar-refractivity contribution in [3.8, 4) is 0 Å². The maximum atomic E-state index is 12.6. The molecule has 6 nitrogen and oxygen atoms in total. The first kappa shape index (κ1) is 16.7. The number of benzene rings is 2. The molecule has 3 rings (SSSR count). The van der Waals surface area contributed by atoms with Gasteiger partial charge in [-0.3, -0.25) is 9.59 Å². The molecule has 1 saturated heterocycles. The van der Waals surface area contributed by atoms with Gasteiger partial charge in [0.1, 0.15) is 6.04 Å². The van der Waals surface area contributed by atoms with Crippen LogP contribution < -0.4 is 5.32 Å². The Hall–Kier alpha value is -3.15. The first-order valence-corrected chi connectivity index (χ1v) is 8.02. The van der Waals surface area contributed by atoms with Crippen molar-refractivity contribution in [3.63, 3.8) is 0 Å². The molecule has 1 aliphatic rings. The summed E-state index contributed by atoms with van der Waals surface area (Å²) in [5, 5.41) is 12.3. The number of carboxylic acids is 1. The maximum absolute atomic E-state index is 12.6. The summed E-state index contributed by atoms with van der Waals surface area (Å²) < 4.78 is 0. The van der Waals surface area contributed by atoms with E-state index in [0.717, 1.165) is 0 Å². The van der Waals surface area contributed by atoms with Crippen LogP contribution in [0.2, 0.25) is 0 Å². The maximum Gasteiger partial charge on any atom is 0.331 e. The third kappa shape index (κ3) is 3.52. The minimum atomic E-state index is -1.09. The highest BCUT2D eigenvalue weighted by Gasteiger charge is 2.40. The van der Waals surface area contributed by atoms with Crippen molar-refractivity contribution >= 4 is 17.8 Å². The van der Waals surface area contributed by atoms with Gasteiger partial charge in [0, 0.05) is 12.1 Å². The van der Waals surface area contributed by atoms with Gasteiger partial charge in [-0.1, -0.05) is 48.5 Å². The molecular weight excluding hydrogens is 320 g/mol. The zero-order valence-corrected chi connectivity index (χ0v) is 13.5. The second-order valence-electron chi connectivity index (χ2n) is 5.86. The average molecular weight is 338 g/mol. The van der Waals surface area contributed by atoms with Crippen LogP contribution in [0.25, 0.3) is 0 Å². The Balaban J connectivity index is 1.74. The minimum absolute atomic E-state index is 0.282. The van der Waals surface area contributed by atoms with Gasteiger partial charge in [-0.2, -0.15) is 0 Å². The van der Waals surface area contributed by atoms with E-state index in [-0.39, 0.29) is 18.4 Å². The van der Waals surface area contributed by atoms with Gasteiger partial charge < -0.3 is 15.3 Å². The smallest absolute Gasteiger partial charge is 0.331 e. The zero-order valence-electron chi connectivity index (χ0n) is 13.5. The minimum Gasteiger partial charge on any atom is -0.479 e. The number of nitrogens with one attached hydrogen (secondary N) is 1. The molecule has 2 amide bonds. The number of aliphatic carboxylic acids is 1. The summed E-state index contributed by atoms with van der Waals surface area (Å²) in [5.74, 6) is -1.80. The van der Waals surface area contributed by atoms with Crippen molar-refractivity contribution in [2.75, 3.05) is 6.54 Å². The zero-order chi connectivity index (χ0) is 17.8. The largest absolute Gasteiger partial charge is 0.479 e. The van der Waals surface area contributed by atoms with Crippen LogP contribution >= 0.6 is 0 Å². The van der Waals surface area contributed by atoms with Crippen LogP contribution in [0.3, 0.4) is 0 Å². The van der Waals surface area contributed by atoms with Gasteiger partial charge in [0.25, 0.3) is 5.91 Å². The molecule has 1 aliphatic heterocycles. The molecule has 2 aromatic carbocycles. The van der Waals surface area contributed by atoms with Crippen LogP contribution in [0.1, 0.15) is 28.4 Å². The average Bonchev–Trinajstić information content (AvgIpc) is 2.97.